The molecule has 1 atom stereocenters. The second-order valence-corrected chi connectivity index (χ2v) is 6.89. The highest BCUT2D eigenvalue weighted by molar-refractivity contribution is 9.09. The minimum Gasteiger partial charge on any atom is -0.241 e. The van der Waals surface area contributed by atoms with Crippen molar-refractivity contribution in [2.24, 2.45) is 5.92 Å². The van der Waals surface area contributed by atoms with Crippen LogP contribution in [0.1, 0.15) is 10.6 Å². The lowest BCUT2D eigenvalue weighted by Crippen LogP contribution is -2.09. The van der Waals surface area contributed by atoms with Crippen molar-refractivity contribution in [1.29, 1.82) is 0 Å². The number of hydrogen-bond donors (Lipinski definition) is 0. The summed E-state index contributed by atoms with van der Waals surface area (Å²) in [6, 6.07) is 15.0. The molecular formula is C17H15BrFNS. The lowest BCUT2D eigenvalue weighted by molar-refractivity contribution is 0.586. The number of aromatic nitrogens is 1. The summed E-state index contributed by atoms with van der Waals surface area (Å²) in [5, 5.41) is 2.09. The Labute approximate surface area is 136 Å². The first-order valence-electron chi connectivity index (χ1n) is 6.89. The molecule has 1 unspecified atom stereocenters. The number of para-hydroxylation sites is 1. The van der Waals surface area contributed by atoms with Crippen LogP contribution in [0.3, 0.4) is 0 Å². The predicted octanol–water partition coefficient (Wildman–Crippen LogP) is 5.23. The van der Waals surface area contributed by atoms with Gasteiger partial charge in [0.1, 0.15) is 5.82 Å². The molecule has 0 aliphatic carbocycles. The van der Waals surface area contributed by atoms with E-state index in [0.717, 1.165) is 23.7 Å². The van der Waals surface area contributed by atoms with E-state index in [1.165, 1.54) is 27.4 Å². The van der Waals surface area contributed by atoms with Crippen molar-refractivity contribution < 1.29 is 4.39 Å². The van der Waals surface area contributed by atoms with Gasteiger partial charge in [-0.3, -0.25) is 0 Å². The Morgan fingerprint density at radius 2 is 1.81 bits per heavy atom. The molecule has 0 saturated carbocycles. The Kier molecular flexibility index (Phi) is 4.66. The lowest BCUT2D eigenvalue weighted by atomic mass is 9.98. The Morgan fingerprint density at radius 3 is 2.52 bits per heavy atom. The van der Waals surface area contributed by atoms with Crippen LogP contribution in [0.15, 0.2) is 48.5 Å². The van der Waals surface area contributed by atoms with Gasteiger partial charge in [-0.25, -0.2) is 9.37 Å². The van der Waals surface area contributed by atoms with Crippen LogP contribution in [-0.4, -0.2) is 10.3 Å². The van der Waals surface area contributed by atoms with Crippen LogP contribution in [-0.2, 0) is 12.8 Å². The van der Waals surface area contributed by atoms with Crippen molar-refractivity contribution in [3.63, 3.8) is 0 Å². The van der Waals surface area contributed by atoms with E-state index in [1.54, 1.807) is 11.3 Å². The van der Waals surface area contributed by atoms with Gasteiger partial charge < -0.3 is 0 Å². The van der Waals surface area contributed by atoms with E-state index >= 15 is 0 Å². The second kappa shape index (κ2) is 6.67. The fourth-order valence-corrected chi connectivity index (χ4v) is 3.93. The first-order valence-corrected chi connectivity index (χ1v) is 8.83. The number of alkyl halides is 1. The fraction of sp³-hybridized carbons (Fsp3) is 0.235. The van der Waals surface area contributed by atoms with Crippen LogP contribution < -0.4 is 0 Å². The van der Waals surface area contributed by atoms with Crippen molar-refractivity contribution in [2.75, 3.05) is 5.33 Å². The van der Waals surface area contributed by atoms with Crippen LogP contribution >= 0.6 is 27.3 Å². The highest BCUT2D eigenvalue weighted by atomic mass is 79.9. The van der Waals surface area contributed by atoms with E-state index in [9.17, 15) is 4.39 Å². The van der Waals surface area contributed by atoms with Crippen LogP contribution in [0, 0.1) is 11.7 Å². The highest BCUT2D eigenvalue weighted by Gasteiger charge is 2.13. The molecule has 1 nitrogen and oxygen atoms in total. The lowest BCUT2D eigenvalue weighted by Gasteiger charge is -2.12. The summed E-state index contributed by atoms with van der Waals surface area (Å²) in [5.74, 6) is 0.288. The third-order valence-corrected chi connectivity index (χ3v) is 5.43. The average molecular weight is 364 g/mol. The van der Waals surface area contributed by atoms with Gasteiger partial charge in [-0.1, -0.05) is 40.2 Å². The van der Waals surface area contributed by atoms with E-state index in [2.05, 4.69) is 28.1 Å². The molecule has 21 heavy (non-hydrogen) atoms. The number of nitrogens with zero attached hydrogens (tertiary/aromatic N) is 1. The maximum Gasteiger partial charge on any atom is 0.123 e. The summed E-state index contributed by atoms with van der Waals surface area (Å²) >= 11 is 5.35. The maximum absolute atomic E-state index is 13.0. The van der Waals surface area contributed by atoms with Gasteiger partial charge in [-0.05, 0) is 42.2 Å². The van der Waals surface area contributed by atoms with E-state index in [-0.39, 0.29) is 5.82 Å². The number of benzene rings is 2. The predicted molar refractivity (Wildman–Crippen MR) is 90.7 cm³/mol. The molecule has 3 rings (SSSR count). The van der Waals surface area contributed by atoms with Crippen LogP contribution in [0.5, 0.6) is 0 Å². The van der Waals surface area contributed by atoms with Gasteiger partial charge in [0.15, 0.2) is 0 Å². The normalized spacial score (nSPS) is 12.7. The molecule has 1 heterocycles. The first-order chi connectivity index (χ1) is 10.2. The number of hydrogen-bond acceptors (Lipinski definition) is 2. The van der Waals surface area contributed by atoms with Crippen molar-refractivity contribution >= 4 is 37.5 Å². The number of thiazole rings is 1. The van der Waals surface area contributed by atoms with E-state index in [4.69, 9.17) is 4.98 Å². The minimum atomic E-state index is -0.180. The van der Waals surface area contributed by atoms with Crippen LogP contribution in [0.2, 0.25) is 0 Å². The zero-order valence-electron chi connectivity index (χ0n) is 11.4. The van der Waals surface area contributed by atoms with Gasteiger partial charge in [0, 0.05) is 11.8 Å². The molecule has 4 heteroatoms. The molecule has 0 N–H and O–H groups in total. The molecule has 1 aromatic heterocycles. The largest absolute Gasteiger partial charge is 0.241 e. The summed E-state index contributed by atoms with van der Waals surface area (Å²) in [6.07, 6.45) is 1.88. The smallest absolute Gasteiger partial charge is 0.123 e. The number of rotatable bonds is 5. The first kappa shape index (κ1) is 14.7. The molecule has 3 aromatic rings. The minimum absolute atomic E-state index is 0.180. The third-order valence-electron chi connectivity index (χ3n) is 3.46. The zero-order chi connectivity index (χ0) is 14.7. The third kappa shape index (κ3) is 3.69. The Hall–Kier alpha value is -1.26. The molecule has 0 bridgehead atoms. The van der Waals surface area contributed by atoms with Gasteiger partial charge in [0.2, 0.25) is 0 Å². The summed E-state index contributed by atoms with van der Waals surface area (Å²) in [6.45, 7) is 0. The van der Waals surface area contributed by atoms with Crippen LogP contribution in [0.25, 0.3) is 10.2 Å². The second-order valence-electron chi connectivity index (χ2n) is 5.13. The standard InChI is InChI=1S/C17H15BrFNS/c18-11-13(9-12-5-7-14(19)8-6-12)10-17-20-15-3-1-2-4-16(15)21-17/h1-8,13H,9-11H2. The van der Waals surface area contributed by atoms with Crippen molar-refractivity contribution in [2.45, 2.75) is 12.8 Å². The molecule has 0 fully saturated rings. The van der Waals surface area contributed by atoms with Crippen molar-refractivity contribution in [3.05, 3.63) is 64.9 Å². The number of fused-ring (bicyclic) bond motifs is 1. The Bertz CT molecular complexity index is 690. The topological polar surface area (TPSA) is 12.9 Å². The quantitative estimate of drug-likeness (QED) is 0.565. The van der Waals surface area contributed by atoms with Crippen LogP contribution in [0.4, 0.5) is 4.39 Å². The molecule has 108 valence electrons. The molecular weight excluding hydrogens is 349 g/mol. The fourth-order valence-electron chi connectivity index (χ4n) is 2.39. The summed E-state index contributed by atoms with van der Waals surface area (Å²) in [5.41, 5.74) is 2.24. The Balaban J connectivity index is 1.73. The summed E-state index contributed by atoms with van der Waals surface area (Å²) < 4.78 is 14.2. The Morgan fingerprint density at radius 1 is 1.05 bits per heavy atom. The molecule has 0 aliphatic heterocycles. The molecule has 0 aliphatic rings. The van der Waals surface area contributed by atoms with Crippen molar-refractivity contribution in [3.8, 4) is 0 Å². The van der Waals surface area contributed by atoms with E-state index < -0.39 is 0 Å². The average Bonchev–Trinajstić information content (AvgIpc) is 2.91. The van der Waals surface area contributed by atoms with Gasteiger partial charge in [0.05, 0.1) is 15.2 Å². The monoisotopic (exact) mass is 363 g/mol. The van der Waals surface area contributed by atoms with E-state index in [0.29, 0.717) is 5.92 Å². The highest BCUT2D eigenvalue weighted by Crippen LogP contribution is 2.25. The molecule has 0 radical (unpaired) electrons. The SMILES string of the molecule is Fc1ccc(CC(CBr)Cc2nc3ccccc3s2)cc1. The molecule has 0 amide bonds. The molecule has 0 saturated heterocycles. The maximum atomic E-state index is 13.0. The van der Waals surface area contributed by atoms with Crippen molar-refractivity contribution in [1.82, 2.24) is 4.98 Å². The van der Waals surface area contributed by atoms with Gasteiger partial charge in [0.25, 0.3) is 0 Å². The molecule has 0 spiro atoms. The van der Waals surface area contributed by atoms with Gasteiger partial charge >= 0.3 is 0 Å². The summed E-state index contributed by atoms with van der Waals surface area (Å²) in [4.78, 5) is 4.69. The molecule has 2 aromatic carbocycles. The van der Waals surface area contributed by atoms with Gasteiger partial charge in [-0.15, -0.1) is 11.3 Å². The zero-order valence-corrected chi connectivity index (χ0v) is 13.8. The van der Waals surface area contributed by atoms with E-state index in [1.807, 2.05) is 24.3 Å². The summed E-state index contributed by atoms with van der Waals surface area (Å²) in [7, 11) is 0. The number of halogens is 2. The van der Waals surface area contributed by atoms with Gasteiger partial charge in [-0.2, -0.15) is 0 Å².